The van der Waals surface area contributed by atoms with Gasteiger partial charge in [-0.05, 0) is 31.6 Å². The summed E-state index contributed by atoms with van der Waals surface area (Å²) < 4.78 is 0. The van der Waals surface area contributed by atoms with Gasteiger partial charge in [-0.15, -0.1) is 0 Å². The molecule has 4 heteroatoms. The molecule has 98 valence electrons. The zero-order valence-electron chi connectivity index (χ0n) is 11.0. The lowest BCUT2D eigenvalue weighted by molar-refractivity contribution is 0.335. The van der Waals surface area contributed by atoms with Crippen LogP contribution in [0.15, 0.2) is 6.07 Å². The lowest BCUT2D eigenvalue weighted by Crippen LogP contribution is -2.17. The summed E-state index contributed by atoms with van der Waals surface area (Å²) in [5.41, 5.74) is 3.88. The van der Waals surface area contributed by atoms with Crippen LogP contribution < -0.4 is 11.3 Å². The highest BCUT2D eigenvalue weighted by Gasteiger charge is 2.28. The van der Waals surface area contributed by atoms with E-state index in [0.717, 1.165) is 17.6 Å². The van der Waals surface area contributed by atoms with Crippen molar-refractivity contribution in [2.75, 3.05) is 5.43 Å². The molecule has 1 aromatic heterocycles. The van der Waals surface area contributed by atoms with E-state index in [0.29, 0.717) is 11.8 Å². The molecule has 0 aliphatic heterocycles. The minimum atomic E-state index is 0.527. The van der Waals surface area contributed by atoms with Gasteiger partial charge in [-0.25, -0.2) is 15.8 Å². The molecule has 0 amide bonds. The Morgan fingerprint density at radius 1 is 1.17 bits per heavy atom. The topological polar surface area (TPSA) is 63.8 Å². The lowest BCUT2D eigenvalue weighted by atomic mass is 9.82. The second-order valence-electron chi connectivity index (χ2n) is 5.92. The van der Waals surface area contributed by atoms with Gasteiger partial charge in [0.2, 0.25) is 0 Å². The molecule has 2 fully saturated rings. The van der Waals surface area contributed by atoms with Gasteiger partial charge >= 0.3 is 0 Å². The maximum absolute atomic E-state index is 5.52. The van der Waals surface area contributed by atoms with Crippen LogP contribution in [0.5, 0.6) is 0 Å². The van der Waals surface area contributed by atoms with Crippen LogP contribution in [-0.4, -0.2) is 9.97 Å². The second-order valence-corrected chi connectivity index (χ2v) is 5.92. The summed E-state index contributed by atoms with van der Waals surface area (Å²) in [6, 6.07) is 2.01. The molecule has 2 saturated carbocycles. The summed E-state index contributed by atoms with van der Waals surface area (Å²) in [4.78, 5) is 9.37. The van der Waals surface area contributed by atoms with Crippen molar-refractivity contribution in [3.05, 3.63) is 17.6 Å². The van der Waals surface area contributed by atoms with E-state index in [1.165, 1.54) is 44.2 Å². The molecular weight excluding hydrogens is 224 g/mol. The second kappa shape index (κ2) is 4.84. The summed E-state index contributed by atoms with van der Waals surface area (Å²) in [5.74, 6) is 9.29. The maximum Gasteiger partial charge on any atom is 0.143 e. The predicted octanol–water partition coefficient (Wildman–Crippen LogP) is 2.93. The zero-order valence-corrected chi connectivity index (χ0v) is 11.0. The van der Waals surface area contributed by atoms with Crippen molar-refractivity contribution >= 4 is 5.82 Å². The van der Waals surface area contributed by atoms with Crippen LogP contribution in [0, 0.1) is 5.92 Å². The van der Waals surface area contributed by atoms with E-state index in [1.54, 1.807) is 0 Å². The van der Waals surface area contributed by atoms with Crippen LogP contribution in [-0.2, 0) is 0 Å². The standard InChI is InChI=1S/C14H22N4/c1-9-3-2-4-11(7-9)14-16-12(10-5-6-10)8-13(17-14)18-15/h8-11H,2-7,15H2,1H3,(H,16,17,18). The summed E-state index contributed by atoms with van der Waals surface area (Å²) in [6.07, 6.45) is 7.62. The molecule has 1 aromatic rings. The predicted molar refractivity (Wildman–Crippen MR) is 72.2 cm³/mol. The fraction of sp³-hybridized carbons (Fsp3) is 0.714. The minimum absolute atomic E-state index is 0.527. The zero-order chi connectivity index (χ0) is 12.5. The number of nitrogens with one attached hydrogen (secondary N) is 1. The Kier molecular flexibility index (Phi) is 3.20. The molecule has 2 aliphatic carbocycles. The first-order valence-electron chi connectivity index (χ1n) is 7.11. The SMILES string of the molecule is CC1CCCC(c2nc(NN)cc(C3CC3)n2)C1. The first kappa shape index (κ1) is 11.9. The quantitative estimate of drug-likeness (QED) is 0.636. The van der Waals surface area contributed by atoms with Crippen molar-refractivity contribution in [2.45, 2.75) is 57.3 Å². The molecule has 0 radical (unpaired) electrons. The van der Waals surface area contributed by atoms with Crippen molar-refractivity contribution in [3.63, 3.8) is 0 Å². The number of rotatable bonds is 3. The number of hydrogen-bond acceptors (Lipinski definition) is 4. The normalized spacial score (nSPS) is 28.1. The fourth-order valence-corrected chi connectivity index (χ4v) is 3.00. The van der Waals surface area contributed by atoms with Gasteiger partial charge < -0.3 is 5.43 Å². The minimum Gasteiger partial charge on any atom is -0.308 e. The number of hydrogen-bond donors (Lipinski definition) is 2. The van der Waals surface area contributed by atoms with E-state index < -0.39 is 0 Å². The van der Waals surface area contributed by atoms with Gasteiger partial charge in [0, 0.05) is 23.6 Å². The van der Waals surface area contributed by atoms with Gasteiger partial charge in [0.05, 0.1) is 0 Å². The average Bonchev–Trinajstić information content (AvgIpc) is 3.22. The summed E-state index contributed by atoms with van der Waals surface area (Å²) in [5, 5.41) is 0. The van der Waals surface area contributed by atoms with Gasteiger partial charge in [0.25, 0.3) is 0 Å². The molecule has 2 unspecified atom stereocenters. The summed E-state index contributed by atoms with van der Waals surface area (Å²) in [7, 11) is 0. The van der Waals surface area contributed by atoms with Crippen LogP contribution >= 0.6 is 0 Å². The Hall–Kier alpha value is -1.16. The largest absolute Gasteiger partial charge is 0.308 e. The van der Waals surface area contributed by atoms with Crippen molar-refractivity contribution in [1.82, 2.24) is 9.97 Å². The molecule has 0 saturated heterocycles. The molecule has 0 aromatic carbocycles. The Balaban J connectivity index is 1.87. The van der Waals surface area contributed by atoms with E-state index in [1.807, 2.05) is 6.07 Å². The number of nitrogen functional groups attached to an aromatic ring is 1. The summed E-state index contributed by atoms with van der Waals surface area (Å²) >= 11 is 0. The molecule has 2 atom stereocenters. The molecule has 3 N–H and O–H groups in total. The number of aromatic nitrogens is 2. The highest BCUT2D eigenvalue weighted by Crippen LogP contribution is 2.41. The van der Waals surface area contributed by atoms with Gasteiger partial charge in [0.15, 0.2) is 0 Å². The number of nitrogens with two attached hydrogens (primary N) is 1. The molecule has 3 rings (SSSR count). The Labute approximate surface area is 108 Å². The first-order chi connectivity index (χ1) is 8.76. The van der Waals surface area contributed by atoms with Gasteiger partial charge in [-0.1, -0.05) is 19.8 Å². The third kappa shape index (κ3) is 2.48. The van der Waals surface area contributed by atoms with E-state index in [-0.39, 0.29) is 0 Å². The number of anilines is 1. The van der Waals surface area contributed by atoms with E-state index >= 15 is 0 Å². The van der Waals surface area contributed by atoms with E-state index in [2.05, 4.69) is 17.3 Å². The van der Waals surface area contributed by atoms with Gasteiger partial charge in [-0.3, -0.25) is 0 Å². The van der Waals surface area contributed by atoms with Crippen molar-refractivity contribution in [3.8, 4) is 0 Å². The molecule has 0 spiro atoms. The smallest absolute Gasteiger partial charge is 0.143 e. The monoisotopic (exact) mass is 246 g/mol. The molecule has 1 heterocycles. The molecule has 18 heavy (non-hydrogen) atoms. The lowest BCUT2D eigenvalue weighted by Gasteiger charge is -2.26. The van der Waals surface area contributed by atoms with E-state index in [4.69, 9.17) is 10.8 Å². The summed E-state index contributed by atoms with van der Waals surface area (Å²) in [6.45, 7) is 2.33. The Morgan fingerprint density at radius 2 is 2.00 bits per heavy atom. The van der Waals surface area contributed by atoms with Crippen molar-refractivity contribution < 1.29 is 0 Å². The van der Waals surface area contributed by atoms with Gasteiger partial charge in [0.1, 0.15) is 11.6 Å². The van der Waals surface area contributed by atoms with Crippen LogP contribution in [0.25, 0.3) is 0 Å². The van der Waals surface area contributed by atoms with Crippen molar-refractivity contribution in [2.24, 2.45) is 11.8 Å². The third-order valence-electron chi connectivity index (χ3n) is 4.21. The Bertz CT molecular complexity index is 428. The molecule has 2 aliphatic rings. The molecule has 4 nitrogen and oxygen atoms in total. The average molecular weight is 246 g/mol. The molecule has 0 bridgehead atoms. The first-order valence-corrected chi connectivity index (χ1v) is 7.11. The van der Waals surface area contributed by atoms with Crippen molar-refractivity contribution in [1.29, 1.82) is 0 Å². The third-order valence-corrected chi connectivity index (χ3v) is 4.21. The molecular formula is C14H22N4. The van der Waals surface area contributed by atoms with Crippen LogP contribution in [0.4, 0.5) is 5.82 Å². The van der Waals surface area contributed by atoms with Crippen LogP contribution in [0.2, 0.25) is 0 Å². The fourth-order valence-electron chi connectivity index (χ4n) is 3.00. The highest BCUT2D eigenvalue weighted by atomic mass is 15.3. The number of hydrazine groups is 1. The van der Waals surface area contributed by atoms with Crippen LogP contribution in [0.1, 0.15) is 68.8 Å². The van der Waals surface area contributed by atoms with E-state index in [9.17, 15) is 0 Å². The van der Waals surface area contributed by atoms with Gasteiger partial charge in [-0.2, -0.15) is 0 Å². The van der Waals surface area contributed by atoms with Crippen LogP contribution in [0.3, 0.4) is 0 Å². The highest BCUT2D eigenvalue weighted by molar-refractivity contribution is 5.37. The maximum atomic E-state index is 5.52. The number of nitrogens with zero attached hydrogens (tertiary/aromatic N) is 2. The Morgan fingerprint density at radius 3 is 2.67 bits per heavy atom.